The van der Waals surface area contributed by atoms with Crippen molar-refractivity contribution in [1.82, 2.24) is 4.90 Å². The van der Waals surface area contributed by atoms with Crippen LogP contribution >= 0.6 is 24.0 Å². The van der Waals surface area contributed by atoms with E-state index in [-0.39, 0.29) is 22.1 Å². The molecule has 1 amide bonds. The highest BCUT2D eigenvalue weighted by atomic mass is 32.2. The monoisotopic (exact) mass is 333 g/mol. The van der Waals surface area contributed by atoms with Crippen LogP contribution < -0.4 is 4.74 Å². The molecule has 8 heteroatoms. The first-order valence-electron chi connectivity index (χ1n) is 5.92. The van der Waals surface area contributed by atoms with Gasteiger partial charge in [0.25, 0.3) is 5.91 Å². The Morgan fingerprint density at radius 3 is 2.62 bits per heavy atom. The van der Waals surface area contributed by atoms with Crippen LogP contribution in [-0.4, -0.2) is 28.0 Å². The van der Waals surface area contributed by atoms with Gasteiger partial charge in [0, 0.05) is 12.1 Å². The lowest BCUT2D eigenvalue weighted by Crippen LogP contribution is -2.27. The molecule has 1 aromatic rings. The molecule has 0 N–H and O–H groups in total. The highest BCUT2D eigenvalue weighted by Gasteiger charge is 2.33. The minimum absolute atomic E-state index is 0.173. The molecule has 0 bridgehead atoms. The highest BCUT2D eigenvalue weighted by Crippen LogP contribution is 2.35. The minimum Gasteiger partial charge on any atom is -0.405 e. The van der Waals surface area contributed by atoms with Crippen LogP contribution in [0.4, 0.5) is 13.2 Å². The SMILES string of the molecule is CCN1C(=O)/C(=C\c2ccccc2OC(F)(F)F)SC1=S. The van der Waals surface area contributed by atoms with E-state index in [1.165, 1.54) is 29.2 Å². The van der Waals surface area contributed by atoms with Crippen molar-refractivity contribution in [1.29, 1.82) is 0 Å². The molecule has 0 aromatic heterocycles. The van der Waals surface area contributed by atoms with Crippen molar-refractivity contribution in [3.05, 3.63) is 34.7 Å². The van der Waals surface area contributed by atoms with Crippen LogP contribution in [0, 0.1) is 0 Å². The molecule has 1 heterocycles. The number of benzene rings is 1. The smallest absolute Gasteiger partial charge is 0.405 e. The van der Waals surface area contributed by atoms with Gasteiger partial charge in [-0.15, -0.1) is 13.2 Å². The summed E-state index contributed by atoms with van der Waals surface area (Å²) < 4.78 is 41.4. The Morgan fingerprint density at radius 2 is 2.05 bits per heavy atom. The van der Waals surface area contributed by atoms with Crippen LogP contribution in [0.2, 0.25) is 0 Å². The quantitative estimate of drug-likeness (QED) is 0.621. The predicted octanol–water partition coefficient (Wildman–Crippen LogP) is 3.81. The lowest BCUT2D eigenvalue weighted by atomic mass is 10.2. The summed E-state index contributed by atoms with van der Waals surface area (Å²) in [7, 11) is 0. The summed E-state index contributed by atoms with van der Waals surface area (Å²) in [5, 5.41) is 0. The summed E-state index contributed by atoms with van der Waals surface area (Å²) in [5.41, 5.74) is 0.173. The molecule has 1 saturated heterocycles. The van der Waals surface area contributed by atoms with E-state index in [1.807, 2.05) is 0 Å². The number of alkyl halides is 3. The molecule has 1 fully saturated rings. The molecule has 0 atom stereocenters. The van der Waals surface area contributed by atoms with Crippen LogP contribution in [0.3, 0.4) is 0 Å². The van der Waals surface area contributed by atoms with Gasteiger partial charge in [0.15, 0.2) is 0 Å². The first kappa shape index (κ1) is 15.8. The fourth-order valence-corrected chi connectivity index (χ4v) is 3.11. The summed E-state index contributed by atoms with van der Waals surface area (Å²) in [5.74, 6) is -0.666. The molecule has 112 valence electrons. The van der Waals surface area contributed by atoms with Crippen molar-refractivity contribution in [2.75, 3.05) is 6.54 Å². The third-order valence-corrected chi connectivity index (χ3v) is 4.00. The molecule has 0 aliphatic carbocycles. The zero-order valence-corrected chi connectivity index (χ0v) is 12.4. The van der Waals surface area contributed by atoms with E-state index in [0.717, 1.165) is 11.8 Å². The van der Waals surface area contributed by atoms with Crippen LogP contribution in [0.1, 0.15) is 12.5 Å². The van der Waals surface area contributed by atoms with E-state index in [2.05, 4.69) is 4.74 Å². The van der Waals surface area contributed by atoms with E-state index in [1.54, 1.807) is 13.0 Å². The summed E-state index contributed by atoms with van der Waals surface area (Å²) in [6, 6.07) is 5.63. The van der Waals surface area contributed by atoms with Crippen molar-refractivity contribution in [3.8, 4) is 5.75 Å². The van der Waals surface area contributed by atoms with Gasteiger partial charge in [0.05, 0.1) is 4.91 Å². The number of thioether (sulfide) groups is 1. The molecule has 0 saturated carbocycles. The lowest BCUT2D eigenvalue weighted by Gasteiger charge is -2.11. The Bertz CT molecular complexity index is 614. The van der Waals surface area contributed by atoms with Crippen LogP contribution in [0.25, 0.3) is 6.08 Å². The summed E-state index contributed by atoms with van der Waals surface area (Å²) >= 11 is 6.11. The summed E-state index contributed by atoms with van der Waals surface area (Å²) in [6.07, 6.45) is -3.43. The summed E-state index contributed by atoms with van der Waals surface area (Å²) in [6.45, 7) is 2.19. The number of halogens is 3. The zero-order chi connectivity index (χ0) is 15.6. The number of carbonyl (C=O) groups excluding carboxylic acids is 1. The van der Waals surface area contributed by atoms with Gasteiger partial charge in [0.1, 0.15) is 10.1 Å². The largest absolute Gasteiger partial charge is 0.573 e. The number of ether oxygens (including phenoxy) is 1. The van der Waals surface area contributed by atoms with E-state index in [4.69, 9.17) is 12.2 Å². The third kappa shape index (κ3) is 3.76. The second kappa shape index (κ2) is 6.07. The van der Waals surface area contributed by atoms with Gasteiger partial charge in [0.2, 0.25) is 0 Å². The van der Waals surface area contributed by atoms with E-state index in [9.17, 15) is 18.0 Å². The van der Waals surface area contributed by atoms with E-state index < -0.39 is 6.36 Å². The minimum atomic E-state index is -4.79. The fourth-order valence-electron chi connectivity index (χ4n) is 1.73. The van der Waals surface area contributed by atoms with Crippen molar-refractivity contribution < 1.29 is 22.7 Å². The van der Waals surface area contributed by atoms with Crippen LogP contribution in [-0.2, 0) is 4.79 Å². The molecule has 0 unspecified atom stereocenters. The molecule has 1 aliphatic heterocycles. The number of carbonyl (C=O) groups is 1. The maximum absolute atomic E-state index is 12.3. The molecule has 1 aliphatic rings. The van der Waals surface area contributed by atoms with Gasteiger partial charge in [-0.2, -0.15) is 0 Å². The molecule has 21 heavy (non-hydrogen) atoms. The standard InChI is InChI=1S/C13H10F3NO2S2/c1-2-17-11(18)10(21-12(17)20)7-8-5-3-4-6-9(8)19-13(14,15)16/h3-7H,2H2,1H3/b10-7+. The van der Waals surface area contributed by atoms with Gasteiger partial charge in [-0.3, -0.25) is 9.69 Å². The van der Waals surface area contributed by atoms with Gasteiger partial charge in [-0.1, -0.05) is 42.2 Å². The topological polar surface area (TPSA) is 29.5 Å². The van der Waals surface area contributed by atoms with Crippen molar-refractivity contribution in [3.63, 3.8) is 0 Å². The molecule has 0 radical (unpaired) electrons. The molecule has 0 spiro atoms. The number of amides is 1. The van der Waals surface area contributed by atoms with Crippen LogP contribution in [0.15, 0.2) is 29.2 Å². The van der Waals surface area contributed by atoms with Crippen molar-refractivity contribution in [2.24, 2.45) is 0 Å². The Kier molecular flexibility index (Phi) is 4.58. The summed E-state index contributed by atoms with van der Waals surface area (Å²) in [4.78, 5) is 13.7. The fraction of sp³-hybridized carbons (Fsp3) is 0.231. The molecular weight excluding hydrogens is 323 g/mol. The number of nitrogens with zero attached hydrogens (tertiary/aromatic N) is 1. The predicted molar refractivity (Wildman–Crippen MR) is 78.7 cm³/mol. The number of para-hydroxylation sites is 1. The Labute approximate surface area is 128 Å². The van der Waals surface area contributed by atoms with Gasteiger partial charge in [-0.25, -0.2) is 0 Å². The maximum atomic E-state index is 12.3. The Morgan fingerprint density at radius 1 is 1.38 bits per heavy atom. The average Bonchev–Trinajstić information content (AvgIpc) is 2.65. The zero-order valence-electron chi connectivity index (χ0n) is 10.8. The Hall–Kier alpha value is -1.54. The first-order chi connectivity index (χ1) is 9.81. The highest BCUT2D eigenvalue weighted by molar-refractivity contribution is 8.26. The molecule has 3 nitrogen and oxygen atoms in total. The average molecular weight is 333 g/mol. The third-order valence-electron chi connectivity index (χ3n) is 2.62. The van der Waals surface area contributed by atoms with Crippen molar-refractivity contribution in [2.45, 2.75) is 13.3 Å². The molecular formula is C13H10F3NO2S2. The number of likely N-dealkylation sites (N-methyl/N-ethyl adjacent to an activating group) is 1. The van der Waals surface area contributed by atoms with Gasteiger partial charge >= 0.3 is 6.36 Å². The Balaban J connectivity index is 2.34. The molecule has 2 rings (SSSR count). The van der Waals surface area contributed by atoms with Crippen molar-refractivity contribution >= 4 is 40.3 Å². The number of thiocarbonyl (C=S) groups is 1. The number of hydrogen-bond acceptors (Lipinski definition) is 4. The maximum Gasteiger partial charge on any atom is 0.573 e. The van der Waals surface area contributed by atoms with Gasteiger partial charge < -0.3 is 4.74 Å². The second-order valence-electron chi connectivity index (χ2n) is 4.01. The normalized spacial score (nSPS) is 17.7. The number of hydrogen-bond donors (Lipinski definition) is 0. The van der Waals surface area contributed by atoms with E-state index in [0.29, 0.717) is 10.9 Å². The van der Waals surface area contributed by atoms with E-state index >= 15 is 0 Å². The number of rotatable bonds is 3. The van der Waals surface area contributed by atoms with Gasteiger partial charge in [-0.05, 0) is 19.1 Å². The second-order valence-corrected chi connectivity index (χ2v) is 5.69. The lowest BCUT2D eigenvalue weighted by molar-refractivity contribution is -0.274. The van der Waals surface area contributed by atoms with Crippen LogP contribution in [0.5, 0.6) is 5.75 Å². The first-order valence-corrected chi connectivity index (χ1v) is 7.14. The molecule has 1 aromatic carbocycles.